The van der Waals surface area contributed by atoms with E-state index in [1.165, 1.54) is 82.8 Å². The van der Waals surface area contributed by atoms with E-state index < -0.39 is 0 Å². The second-order valence-electron chi connectivity index (χ2n) is 19.3. The number of aromatic nitrogens is 2. The average molecular weight is 970 g/mol. The molecule has 0 atom stereocenters. The second kappa shape index (κ2) is 21.9. The highest BCUT2D eigenvalue weighted by Gasteiger charge is 2.35. The molecule has 0 saturated heterocycles. The van der Waals surface area contributed by atoms with Crippen molar-refractivity contribution in [2.24, 2.45) is 0 Å². The van der Waals surface area contributed by atoms with Gasteiger partial charge in [0.05, 0.1) is 16.6 Å². The molecule has 1 aliphatic carbocycles. The lowest BCUT2D eigenvalue weighted by Gasteiger charge is -2.28. The van der Waals surface area contributed by atoms with Gasteiger partial charge in [-0.3, -0.25) is 0 Å². The minimum Gasteiger partial charge on any atom is -0.315 e. The number of allylic oxidation sites excluding steroid dienone is 2. The number of benzene rings is 10. The molecular weight excluding hydrogens is 907 g/mol. The maximum atomic E-state index is 3.00. The standard InChI is InChI=1S/C59H43N3.C7H8.C4H8.C2H4/c1-59(2)54-21-13-12-20-50(54)51-34-32-49(39-55(51)59)61(47-28-22-41(23-29-47)40-14-6-3-7-15-40)48-30-24-42(25-31-48)44-27-35-56-53(38-44)52-33-26-43-36-37-60(45-16-8-4-9-17-45)57(43)58(52)62(56)46-18-10-5-11-19-46;1-7-5-3-2-4-6-7;1-3-4-2;1-2/h3-39H,1-2H3;2-6H,1H3;3-4H,1-2H3;1-2H2/b;;4-3-;. The first-order chi connectivity index (χ1) is 36.8. The van der Waals surface area contributed by atoms with Crippen molar-refractivity contribution >= 4 is 49.8 Å². The van der Waals surface area contributed by atoms with Gasteiger partial charge in [-0.25, -0.2) is 0 Å². The molecule has 3 nitrogen and oxygen atoms in total. The molecule has 0 aliphatic heterocycles. The minimum atomic E-state index is -0.104. The average Bonchev–Trinajstić information content (AvgIpc) is 4.15. The van der Waals surface area contributed by atoms with Crippen molar-refractivity contribution in [1.82, 2.24) is 9.13 Å². The summed E-state index contributed by atoms with van der Waals surface area (Å²) in [5, 5.41) is 3.68. The number of anilines is 3. The molecule has 0 fully saturated rings. The van der Waals surface area contributed by atoms with E-state index in [9.17, 15) is 0 Å². The Morgan fingerprint density at radius 3 is 1.52 bits per heavy atom. The molecule has 75 heavy (non-hydrogen) atoms. The normalized spacial score (nSPS) is 12.0. The van der Waals surface area contributed by atoms with Crippen molar-refractivity contribution in [2.45, 2.75) is 40.0 Å². The van der Waals surface area contributed by atoms with Gasteiger partial charge < -0.3 is 14.0 Å². The van der Waals surface area contributed by atoms with Gasteiger partial charge in [-0.05, 0) is 144 Å². The number of hydrogen-bond donors (Lipinski definition) is 0. The molecule has 10 aromatic carbocycles. The van der Waals surface area contributed by atoms with Gasteiger partial charge >= 0.3 is 0 Å². The predicted octanol–water partition coefficient (Wildman–Crippen LogP) is 20.2. The molecule has 13 rings (SSSR count). The van der Waals surface area contributed by atoms with Crippen LogP contribution in [0.3, 0.4) is 0 Å². The monoisotopic (exact) mass is 970 g/mol. The van der Waals surface area contributed by atoms with Gasteiger partial charge in [0.1, 0.15) is 0 Å². The maximum absolute atomic E-state index is 3.00. The van der Waals surface area contributed by atoms with Crippen LogP contribution < -0.4 is 4.90 Å². The van der Waals surface area contributed by atoms with Crippen LogP contribution in [-0.2, 0) is 5.41 Å². The Hall–Kier alpha value is -9.18. The van der Waals surface area contributed by atoms with E-state index in [-0.39, 0.29) is 5.41 Å². The zero-order valence-corrected chi connectivity index (χ0v) is 43.7. The third kappa shape index (κ3) is 9.65. The topological polar surface area (TPSA) is 13.1 Å². The molecule has 0 spiro atoms. The summed E-state index contributed by atoms with van der Waals surface area (Å²) in [5.41, 5.74) is 20.7. The van der Waals surface area contributed by atoms with Gasteiger partial charge in [-0.15, -0.1) is 13.2 Å². The Morgan fingerprint density at radius 2 is 0.920 bits per heavy atom. The van der Waals surface area contributed by atoms with Gasteiger partial charge in [-0.2, -0.15) is 0 Å². The molecule has 1 aliphatic rings. The van der Waals surface area contributed by atoms with Gasteiger partial charge in [0, 0.05) is 56.2 Å². The van der Waals surface area contributed by atoms with Crippen molar-refractivity contribution in [1.29, 1.82) is 0 Å². The van der Waals surface area contributed by atoms with Crippen molar-refractivity contribution in [3.63, 3.8) is 0 Å². The molecule has 0 saturated carbocycles. The fourth-order valence-corrected chi connectivity index (χ4v) is 10.6. The molecule has 12 aromatic rings. The van der Waals surface area contributed by atoms with Crippen LogP contribution in [0.1, 0.15) is 44.4 Å². The molecule has 3 heteroatoms. The highest BCUT2D eigenvalue weighted by molar-refractivity contribution is 6.18. The summed E-state index contributed by atoms with van der Waals surface area (Å²) in [7, 11) is 0. The second-order valence-corrected chi connectivity index (χ2v) is 19.3. The highest BCUT2D eigenvalue weighted by Crippen LogP contribution is 2.51. The van der Waals surface area contributed by atoms with Crippen LogP contribution in [-0.4, -0.2) is 9.13 Å². The van der Waals surface area contributed by atoms with Crippen LogP contribution in [0.4, 0.5) is 17.1 Å². The number of para-hydroxylation sites is 2. The molecule has 0 unspecified atom stereocenters. The summed E-state index contributed by atoms with van der Waals surface area (Å²) < 4.78 is 4.77. The number of hydrogen-bond acceptors (Lipinski definition) is 1. The van der Waals surface area contributed by atoms with E-state index in [1.807, 2.05) is 44.2 Å². The lowest BCUT2D eigenvalue weighted by molar-refractivity contribution is 0.660. The Balaban J connectivity index is 0.000000441. The first-order valence-corrected chi connectivity index (χ1v) is 25.9. The fourth-order valence-electron chi connectivity index (χ4n) is 10.6. The lowest BCUT2D eigenvalue weighted by atomic mass is 9.82. The quantitative estimate of drug-likeness (QED) is 0.145. The summed E-state index contributed by atoms with van der Waals surface area (Å²) in [4.78, 5) is 2.40. The minimum absolute atomic E-state index is 0.104. The number of nitrogens with zero attached hydrogens (tertiary/aromatic N) is 3. The van der Waals surface area contributed by atoms with Crippen LogP contribution in [0.15, 0.2) is 280 Å². The maximum Gasteiger partial charge on any atom is 0.0788 e. The van der Waals surface area contributed by atoms with Crippen LogP contribution in [0, 0.1) is 6.92 Å². The molecule has 0 bridgehead atoms. The van der Waals surface area contributed by atoms with Crippen molar-refractivity contribution in [2.75, 3.05) is 4.90 Å². The number of rotatable bonds is 7. The summed E-state index contributed by atoms with van der Waals surface area (Å²) in [6, 6.07) is 90.1. The predicted molar refractivity (Wildman–Crippen MR) is 324 cm³/mol. The molecule has 0 N–H and O–H groups in total. The van der Waals surface area contributed by atoms with Gasteiger partial charge in [-0.1, -0.05) is 201 Å². The lowest BCUT2D eigenvalue weighted by Crippen LogP contribution is -2.16. The van der Waals surface area contributed by atoms with E-state index in [4.69, 9.17) is 0 Å². The zero-order valence-electron chi connectivity index (χ0n) is 43.7. The fraction of sp³-hybridized carbons (Fsp3) is 0.0833. The summed E-state index contributed by atoms with van der Waals surface area (Å²) >= 11 is 0. The van der Waals surface area contributed by atoms with E-state index >= 15 is 0 Å². The molecular formula is C72H63N3. The molecule has 0 radical (unpaired) electrons. The Kier molecular flexibility index (Phi) is 14.4. The van der Waals surface area contributed by atoms with E-state index in [1.54, 1.807) is 0 Å². The zero-order chi connectivity index (χ0) is 51.9. The van der Waals surface area contributed by atoms with Crippen LogP contribution in [0.25, 0.3) is 77.5 Å². The van der Waals surface area contributed by atoms with E-state index in [2.05, 4.69) is 285 Å². The van der Waals surface area contributed by atoms with Gasteiger partial charge in [0.15, 0.2) is 0 Å². The largest absolute Gasteiger partial charge is 0.315 e. The number of aryl methyl sites for hydroxylation is 1. The van der Waals surface area contributed by atoms with Crippen LogP contribution in [0.2, 0.25) is 0 Å². The van der Waals surface area contributed by atoms with E-state index in [0.29, 0.717) is 0 Å². The molecule has 366 valence electrons. The van der Waals surface area contributed by atoms with Crippen LogP contribution >= 0.6 is 0 Å². The first-order valence-electron chi connectivity index (χ1n) is 25.9. The Labute approximate surface area is 443 Å². The third-order valence-electron chi connectivity index (χ3n) is 14.4. The van der Waals surface area contributed by atoms with Gasteiger partial charge in [0.25, 0.3) is 0 Å². The smallest absolute Gasteiger partial charge is 0.0788 e. The summed E-state index contributed by atoms with van der Waals surface area (Å²) in [6.07, 6.45) is 6.20. The summed E-state index contributed by atoms with van der Waals surface area (Å²) in [6.45, 7) is 16.8. The van der Waals surface area contributed by atoms with Gasteiger partial charge in [0.2, 0.25) is 0 Å². The van der Waals surface area contributed by atoms with Crippen molar-refractivity contribution < 1.29 is 0 Å². The first kappa shape index (κ1) is 49.4. The third-order valence-corrected chi connectivity index (χ3v) is 14.4. The summed E-state index contributed by atoms with van der Waals surface area (Å²) in [5.74, 6) is 0. The van der Waals surface area contributed by atoms with Crippen molar-refractivity contribution in [3.05, 3.63) is 297 Å². The Morgan fingerprint density at radius 1 is 0.413 bits per heavy atom. The van der Waals surface area contributed by atoms with Crippen LogP contribution in [0.5, 0.6) is 0 Å². The molecule has 2 aromatic heterocycles. The Bertz CT molecular complexity index is 3880. The molecule has 0 amide bonds. The molecule has 2 heterocycles. The SMILES string of the molecule is C/C=C\C.C=C.CC1(C)c2ccccc2-c2ccc(N(c3ccc(-c4ccccc4)cc3)c3ccc(-c4ccc5c(c4)c4ccc6ccn(-c7ccccc7)c6c4n5-c4ccccc4)cc3)cc21.Cc1ccccc1. The van der Waals surface area contributed by atoms with E-state index in [0.717, 1.165) is 28.4 Å². The highest BCUT2D eigenvalue weighted by atomic mass is 15.1. The van der Waals surface area contributed by atoms with Crippen molar-refractivity contribution in [3.8, 4) is 44.8 Å². The number of fused-ring (bicyclic) bond motifs is 8.